The molecule has 2 rings (SSSR count). The molecule has 124 valence electrons. The van der Waals surface area contributed by atoms with Gasteiger partial charge in [0, 0.05) is 0 Å². The van der Waals surface area contributed by atoms with Crippen molar-refractivity contribution in [2.45, 2.75) is 90.8 Å². The van der Waals surface area contributed by atoms with Gasteiger partial charge in [-0.15, -0.1) is 0 Å². The summed E-state index contributed by atoms with van der Waals surface area (Å²) >= 11 is 0. The third-order valence-corrected chi connectivity index (χ3v) is 6.32. The number of aliphatic hydroxyl groups excluding tert-OH is 1. The summed E-state index contributed by atoms with van der Waals surface area (Å²) in [5.74, 6) is 3.73. The molecule has 0 aromatic rings. The summed E-state index contributed by atoms with van der Waals surface area (Å²) in [4.78, 5) is 0. The highest BCUT2D eigenvalue weighted by molar-refractivity contribution is 4.96. The smallest absolute Gasteiger partial charge is 0.0591 e. The van der Waals surface area contributed by atoms with Gasteiger partial charge in [-0.05, 0) is 75.5 Å². The van der Waals surface area contributed by atoms with E-state index >= 15 is 0 Å². The lowest BCUT2D eigenvalue weighted by Gasteiger charge is -2.40. The Kier molecular flexibility index (Phi) is 5.76. The third kappa shape index (κ3) is 4.45. The van der Waals surface area contributed by atoms with Crippen LogP contribution in [0.4, 0.5) is 0 Å². The standard InChI is InChI=1S/C19H36O2/c1-13(7-5-6-12-19(3,4)21)15-9-10-16-17(20)11-8-14(2)18(15)16/h13-18,20-21H,5-12H2,1-4H3/t13-,14?,15-,16+,17?,18-/m1/s1. The van der Waals surface area contributed by atoms with Gasteiger partial charge in [-0.1, -0.05) is 33.1 Å². The molecule has 0 spiro atoms. The summed E-state index contributed by atoms with van der Waals surface area (Å²) in [5, 5.41) is 20.1. The molecule has 0 heterocycles. The van der Waals surface area contributed by atoms with Crippen LogP contribution in [0.3, 0.4) is 0 Å². The number of hydrogen-bond donors (Lipinski definition) is 2. The van der Waals surface area contributed by atoms with Crippen LogP contribution in [0.5, 0.6) is 0 Å². The van der Waals surface area contributed by atoms with Crippen molar-refractivity contribution in [2.24, 2.45) is 29.6 Å². The Morgan fingerprint density at radius 1 is 1.10 bits per heavy atom. The van der Waals surface area contributed by atoms with Gasteiger partial charge in [-0.25, -0.2) is 0 Å². The van der Waals surface area contributed by atoms with Crippen LogP contribution in [-0.2, 0) is 0 Å². The second kappa shape index (κ2) is 7.00. The molecule has 2 fully saturated rings. The Morgan fingerprint density at radius 3 is 2.48 bits per heavy atom. The van der Waals surface area contributed by atoms with Crippen LogP contribution >= 0.6 is 0 Å². The molecular formula is C19H36O2. The normalized spacial score (nSPS) is 38.3. The molecule has 0 saturated heterocycles. The molecule has 0 aromatic heterocycles. The molecule has 2 N–H and O–H groups in total. The first-order valence-corrected chi connectivity index (χ1v) is 9.20. The van der Waals surface area contributed by atoms with E-state index in [0.717, 1.165) is 42.9 Å². The van der Waals surface area contributed by atoms with E-state index in [1.165, 1.54) is 32.1 Å². The van der Waals surface area contributed by atoms with Gasteiger partial charge in [-0.2, -0.15) is 0 Å². The summed E-state index contributed by atoms with van der Waals surface area (Å²) in [6.45, 7) is 8.64. The second-order valence-corrected chi connectivity index (χ2v) is 8.64. The highest BCUT2D eigenvalue weighted by Crippen LogP contribution is 2.51. The fraction of sp³-hybridized carbons (Fsp3) is 1.00. The van der Waals surface area contributed by atoms with Gasteiger partial charge >= 0.3 is 0 Å². The van der Waals surface area contributed by atoms with Gasteiger partial charge in [-0.3, -0.25) is 0 Å². The zero-order valence-corrected chi connectivity index (χ0v) is 14.5. The van der Waals surface area contributed by atoms with Gasteiger partial charge < -0.3 is 10.2 Å². The molecule has 0 aliphatic heterocycles. The van der Waals surface area contributed by atoms with E-state index in [0.29, 0.717) is 5.92 Å². The Bertz CT molecular complexity index is 320. The number of rotatable bonds is 6. The van der Waals surface area contributed by atoms with E-state index in [-0.39, 0.29) is 6.10 Å². The van der Waals surface area contributed by atoms with Crippen LogP contribution in [-0.4, -0.2) is 21.9 Å². The molecule has 2 saturated carbocycles. The zero-order valence-electron chi connectivity index (χ0n) is 14.5. The first-order valence-electron chi connectivity index (χ1n) is 9.20. The average Bonchev–Trinajstić information content (AvgIpc) is 2.84. The van der Waals surface area contributed by atoms with Crippen molar-refractivity contribution in [3.8, 4) is 0 Å². The van der Waals surface area contributed by atoms with E-state index in [1.54, 1.807) is 0 Å². The summed E-state index contributed by atoms with van der Waals surface area (Å²) in [6.07, 6.45) is 9.33. The predicted molar refractivity (Wildman–Crippen MR) is 88.0 cm³/mol. The molecule has 2 aliphatic carbocycles. The SMILES string of the molecule is CC1CCC(O)[C@@H]2CC[C@H]([C@H](C)CCCCC(C)(C)O)[C@@H]12. The van der Waals surface area contributed by atoms with Crippen LogP contribution in [0.1, 0.15) is 79.1 Å². The van der Waals surface area contributed by atoms with Gasteiger partial charge in [0.1, 0.15) is 0 Å². The van der Waals surface area contributed by atoms with Gasteiger partial charge in [0.25, 0.3) is 0 Å². The maximum Gasteiger partial charge on any atom is 0.0591 e. The minimum atomic E-state index is -0.510. The van der Waals surface area contributed by atoms with Crippen LogP contribution in [0.15, 0.2) is 0 Å². The topological polar surface area (TPSA) is 40.5 Å². The first kappa shape index (κ1) is 17.3. The lowest BCUT2D eigenvalue weighted by molar-refractivity contribution is 0.00228. The molecule has 2 heteroatoms. The minimum Gasteiger partial charge on any atom is -0.393 e. The van der Waals surface area contributed by atoms with Gasteiger partial charge in [0.15, 0.2) is 0 Å². The first-order chi connectivity index (χ1) is 9.79. The quantitative estimate of drug-likeness (QED) is 0.714. The van der Waals surface area contributed by atoms with E-state index in [4.69, 9.17) is 0 Å². The average molecular weight is 296 g/mol. The maximum absolute atomic E-state index is 10.3. The van der Waals surface area contributed by atoms with E-state index in [1.807, 2.05) is 13.8 Å². The minimum absolute atomic E-state index is 0.0291. The van der Waals surface area contributed by atoms with E-state index in [2.05, 4.69) is 13.8 Å². The van der Waals surface area contributed by atoms with Crippen LogP contribution in [0.25, 0.3) is 0 Å². The number of fused-ring (bicyclic) bond motifs is 1. The molecule has 2 nitrogen and oxygen atoms in total. The lowest BCUT2D eigenvalue weighted by atomic mass is 9.67. The fourth-order valence-corrected chi connectivity index (χ4v) is 5.12. The molecule has 0 aromatic carbocycles. The molecule has 2 aliphatic rings. The summed E-state index contributed by atoms with van der Waals surface area (Å²) in [7, 11) is 0. The highest BCUT2D eigenvalue weighted by Gasteiger charge is 2.46. The Morgan fingerprint density at radius 2 is 1.81 bits per heavy atom. The number of aliphatic hydroxyl groups is 2. The Labute approximate surface area is 131 Å². The molecule has 2 unspecified atom stereocenters. The molecule has 6 atom stereocenters. The highest BCUT2D eigenvalue weighted by atomic mass is 16.3. The molecule has 0 bridgehead atoms. The second-order valence-electron chi connectivity index (χ2n) is 8.64. The van der Waals surface area contributed by atoms with Gasteiger partial charge in [0.2, 0.25) is 0 Å². The lowest BCUT2D eigenvalue weighted by Crippen LogP contribution is -2.37. The largest absolute Gasteiger partial charge is 0.393 e. The Balaban J connectivity index is 1.81. The summed E-state index contributed by atoms with van der Waals surface area (Å²) < 4.78 is 0. The monoisotopic (exact) mass is 296 g/mol. The summed E-state index contributed by atoms with van der Waals surface area (Å²) in [6, 6.07) is 0. The van der Waals surface area contributed by atoms with Crippen LogP contribution < -0.4 is 0 Å². The predicted octanol–water partition coefficient (Wildman–Crippen LogP) is 4.39. The molecule has 0 radical (unpaired) electrons. The van der Waals surface area contributed by atoms with Crippen LogP contribution in [0.2, 0.25) is 0 Å². The zero-order chi connectivity index (χ0) is 15.6. The molecule has 0 amide bonds. The van der Waals surface area contributed by atoms with Crippen molar-refractivity contribution >= 4 is 0 Å². The Hall–Kier alpha value is -0.0800. The van der Waals surface area contributed by atoms with Gasteiger partial charge in [0.05, 0.1) is 11.7 Å². The summed E-state index contributed by atoms with van der Waals surface area (Å²) in [5.41, 5.74) is -0.510. The van der Waals surface area contributed by atoms with E-state index < -0.39 is 5.60 Å². The number of hydrogen-bond acceptors (Lipinski definition) is 2. The maximum atomic E-state index is 10.3. The van der Waals surface area contributed by atoms with Crippen molar-refractivity contribution in [1.29, 1.82) is 0 Å². The molecular weight excluding hydrogens is 260 g/mol. The van der Waals surface area contributed by atoms with Crippen molar-refractivity contribution in [3.63, 3.8) is 0 Å². The number of unbranched alkanes of at least 4 members (excludes halogenated alkanes) is 1. The van der Waals surface area contributed by atoms with Crippen molar-refractivity contribution in [1.82, 2.24) is 0 Å². The fourth-order valence-electron chi connectivity index (χ4n) is 5.12. The van der Waals surface area contributed by atoms with Crippen molar-refractivity contribution in [3.05, 3.63) is 0 Å². The molecule has 21 heavy (non-hydrogen) atoms. The van der Waals surface area contributed by atoms with Crippen molar-refractivity contribution < 1.29 is 10.2 Å². The van der Waals surface area contributed by atoms with Crippen LogP contribution in [0, 0.1) is 29.6 Å². The van der Waals surface area contributed by atoms with E-state index in [9.17, 15) is 10.2 Å². The van der Waals surface area contributed by atoms with Crippen molar-refractivity contribution in [2.75, 3.05) is 0 Å². The third-order valence-electron chi connectivity index (χ3n) is 6.32.